The van der Waals surface area contributed by atoms with Crippen LogP contribution in [-0.2, 0) is 11.2 Å². The smallest absolute Gasteiger partial charge is 0.303 e. The van der Waals surface area contributed by atoms with Gasteiger partial charge in [-0.05, 0) is 61.9 Å². The molecule has 5 heteroatoms. The lowest BCUT2D eigenvalue weighted by Crippen LogP contribution is -2.21. The topological polar surface area (TPSA) is 81.0 Å². The van der Waals surface area contributed by atoms with Gasteiger partial charge in [0.15, 0.2) is 0 Å². The zero-order valence-electron chi connectivity index (χ0n) is 15.4. The Bertz CT molecular complexity index is 734. The van der Waals surface area contributed by atoms with Gasteiger partial charge in [0.2, 0.25) is 0 Å². The predicted octanol–water partition coefficient (Wildman–Crippen LogP) is 3.94. The van der Waals surface area contributed by atoms with Gasteiger partial charge in [-0.25, -0.2) is 0 Å². The summed E-state index contributed by atoms with van der Waals surface area (Å²) in [5, 5.41) is 27.9. The first kappa shape index (κ1) is 19.8. The standard InChI is InChI=1S/C21H27NO4/c1-15-12-17(8-9-20(25)26)13-16(2)21(15)22(10-3-4-11-23)18-6-5-7-19(24)14-18/h5-7,12-14,23-24H,3-4,8-11H2,1-2H3,(H,25,26). The molecule has 2 aromatic rings. The van der Waals surface area contributed by atoms with Gasteiger partial charge in [0.25, 0.3) is 0 Å². The molecule has 140 valence electrons. The molecule has 0 spiro atoms. The van der Waals surface area contributed by atoms with E-state index in [4.69, 9.17) is 10.2 Å². The Labute approximate surface area is 154 Å². The molecule has 0 heterocycles. The SMILES string of the molecule is Cc1cc(CCC(=O)O)cc(C)c1N(CCCCO)c1cccc(O)c1. The number of phenols is 1. The number of nitrogens with zero attached hydrogens (tertiary/aromatic N) is 1. The highest BCUT2D eigenvalue weighted by atomic mass is 16.4. The van der Waals surface area contributed by atoms with Crippen molar-refractivity contribution in [1.82, 2.24) is 0 Å². The molecule has 5 nitrogen and oxygen atoms in total. The van der Waals surface area contributed by atoms with Gasteiger partial charge in [-0.15, -0.1) is 0 Å². The predicted molar refractivity (Wildman–Crippen MR) is 103 cm³/mol. The van der Waals surface area contributed by atoms with Crippen molar-refractivity contribution in [3.63, 3.8) is 0 Å². The summed E-state index contributed by atoms with van der Waals surface area (Å²) >= 11 is 0. The van der Waals surface area contributed by atoms with Gasteiger partial charge < -0.3 is 20.2 Å². The fourth-order valence-corrected chi connectivity index (χ4v) is 3.28. The lowest BCUT2D eigenvalue weighted by atomic mass is 9.99. The average Bonchev–Trinajstić information content (AvgIpc) is 2.58. The molecule has 0 unspecified atom stereocenters. The Kier molecular flexibility index (Phi) is 7.04. The first-order valence-corrected chi connectivity index (χ1v) is 8.91. The van der Waals surface area contributed by atoms with Crippen molar-refractivity contribution in [2.75, 3.05) is 18.1 Å². The molecular formula is C21H27NO4. The Morgan fingerprint density at radius 1 is 1.08 bits per heavy atom. The number of hydrogen-bond acceptors (Lipinski definition) is 4. The minimum Gasteiger partial charge on any atom is -0.508 e. The lowest BCUT2D eigenvalue weighted by molar-refractivity contribution is -0.136. The van der Waals surface area contributed by atoms with Crippen molar-refractivity contribution >= 4 is 17.3 Å². The van der Waals surface area contributed by atoms with E-state index in [1.54, 1.807) is 12.1 Å². The highest BCUT2D eigenvalue weighted by Crippen LogP contribution is 2.34. The molecule has 0 aromatic heterocycles. The minimum absolute atomic E-state index is 0.116. The van der Waals surface area contributed by atoms with E-state index in [1.165, 1.54) is 0 Å². The fraction of sp³-hybridized carbons (Fsp3) is 0.381. The Hall–Kier alpha value is -2.53. The van der Waals surface area contributed by atoms with Gasteiger partial charge in [0.1, 0.15) is 5.75 Å². The van der Waals surface area contributed by atoms with Gasteiger partial charge in [-0.1, -0.05) is 18.2 Å². The van der Waals surface area contributed by atoms with Crippen LogP contribution >= 0.6 is 0 Å². The summed E-state index contributed by atoms with van der Waals surface area (Å²) in [7, 11) is 0. The zero-order chi connectivity index (χ0) is 19.1. The van der Waals surface area contributed by atoms with E-state index in [9.17, 15) is 9.90 Å². The molecule has 0 fully saturated rings. The second-order valence-corrected chi connectivity index (χ2v) is 6.57. The normalized spacial score (nSPS) is 10.7. The van der Waals surface area contributed by atoms with Crippen LogP contribution in [0.15, 0.2) is 36.4 Å². The number of aliphatic hydroxyl groups is 1. The summed E-state index contributed by atoms with van der Waals surface area (Å²) in [4.78, 5) is 13.0. The highest BCUT2D eigenvalue weighted by Gasteiger charge is 2.16. The van der Waals surface area contributed by atoms with E-state index in [0.29, 0.717) is 12.8 Å². The maximum Gasteiger partial charge on any atom is 0.303 e. The monoisotopic (exact) mass is 357 g/mol. The van der Waals surface area contributed by atoms with Crippen molar-refractivity contribution in [3.8, 4) is 5.75 Å². The number of phenolic OH excluding ortho intramolecular Hbond substituents is 1. The fourth-order valence-electron chi connectivity index (χ4n) is 3.28. The van der Waals surface area contributed by atoms with Crippen molar-refractivity contribution in [1.29, 1.82) is 0 Å². The molecule has 0 aliphatic heterocycles. The summed E-state index contributed by atoms with van der Waals surface area (Å²) in [6.07, 6.45) is 2.16. The summed E-state index contributed by atoms with van der Waals surface area (Å²) < 4.78 is 0. The van der Waals surface area contributed by atoms with Crippen LogP contribution in [0, 0.1) is 13.8 Å². The van der Waals surface area contributed by atoms with E-state index in [2.05, 4.69) is 4.90 Å². The van der Waals surface area contributed by atoms with Crippen LogP contribution in [0.25, 0.3) is 0 Å². The Balaban J connectivity index is 2.38. The number of unbranched alkanes of at least 4 members (excludes halogenated alkanes) is 1. The van der Waals surface area contributed by atoms with Crippen molar-refractivity contribution in [3.05, 3.63) is 53.1 Å². The summed E-state index contributed by atoms with van der Waals surface area (Å²) in [5.74, 6) is -0.585. The summed E-state index contributed by atoms with van der Waals surface area (Å²) in [6.45, 7) is 4.92. The second kappa shape index (κ2) is 9.25. The summed E-state index contributed by atoms with van der Waals surface area (Å²) in [6, 6.07) is 11.2. The molecular weight excluding hydrogens is 330 g/mol. The number of hydrogen-bond donors (Lipinski definition) is 3. The van der Waals surface area contributed by atoms with Crippen LogP contribution in [0.1, 0.15) is 36.0 Å². The number of rotatable bonds is 9. The lowest BCUT2D eigenvalue weighted by Gasteiger charge is -2.29. The molecule has 0 aliphatic carbocycles. The molecule has 0 aliphatic rings. The van der Waals surface area contributed by atoms with E-state index in [-0.39, 0.29) is 18.8 Å². The van der Waals surface area contributed by atoms with Gasteiger partial charge >= 0.3 is 5.97 Å². The average molecular weight is 357 g/mol. The molecule has 3 N–H and O–H groups in total. The molecule has 0 atom stereocenters. The molecule has 0 bridgehead atoms. The van der Waals surface area contributed by atoms with Crippen molar-refractivity contribution in [2.45, 2.75) is 39.5 Å². The van der Waals surface area contributed by atoms with Gasteiger partial charge in [0.05, 0.1) is 0 Å². The number of carboxylic acid groups (broad SMARTS) is 1. The molecule has 0 radical (unpaired) electrons. The largest absolute Gasteiger partial charge is 0.508 e. The number of carbonyl (C=O) groups is 1. The summed E-state index contributed by atoms with van der Waals surface area (Å²) in [5.41, 5.74) is 5.10. The zero-order valence-corrected chi connectivity index (χ0v) is 15.4. The molecule has 2 aromatic carbocycles. The van der Waals surface area contributed by atoms with Gasteiger partial charge in [-0.2, -0.15) is 0 Å². The maximum atomic E-state index is 10.8. The maximum absolute atomic E-state index is 10.8. The molecule has 0 saturated carbocycles. The quantitative estimate of drug-likeness (QED) is 0.592. The minimum atomic E-state index is -0.797. The first-order chi connectivity index (χ1) is 12.4. The molecule has 0 amide bonds. The first-order valence-electron chi connectivity index (χ1n) is 8.91. The van der Waals surface area contributed by atoms with E-state index >= 15 is 0 Å². The third-order valence-electron chi connectivity index (χ3n) is 4.38. The number of aliphatic hydroxyl groups excluding tert-OH is 1. The van der Waals surface area contributed by atoms with E-state index in [1.807, 2.05) is 38.1 Å². The Morgan fingerprint density at radius 2 is 1.77 bits per heavy atom. The number of aryl methyl sites for hydroxylation is 3. The number of aliphatic carboxylic acids is 1. The van der Waals surface area contributed by atoms with Crippen molar-refractivity contribution < 1.29 is 20.1 Å². The van der Waals surface area contributed by atoms with E-state index in [0.717, 1.165) is 41.0 Å². The van der Waals surface area contributed by atoms with E-state index < -0.39 is 5.97 Å². The molecule has 0 saturated heterocycles. The van der Waals surface area contributed by atoms with Crippen LogP contribution in [0.4, 0.5) is 11.4 Å². The van der Waals surface area contributed by atoms with Gasteiger partial charge in [0, 0.05) is 37.0 Å². The second-order valence-electron chi connectivity index (χ2n) is 6.57. The van der Waals surface area contributed by atoms with Crippen LogP contribution < -0.4 is 4.90 Å². The number of carboxylic acids is 1. The van der Waals surface area contributed by atoms with Crippen LogP contribution in [0.5, 0.6) is 5.75 Å². The Morgan fingerprint density at radius 3 is 2.35 bits per heavy atom. The van der Waals surface area contributed by atoms with Crippen LogP contribution in [-0.4, -0.2) is 34.4 Å². The van der Waals surface area contributed by atoms with Crippen LogP contribution in [0.2, 0.25) is 0 Å². The molecule has 26 heavy (non-hydrogen) atoms. The molecule has 2 rings (SSSR count). The van der Waals surface area contributed by atoms with Crippen LogP contribution in [0.3, 0.4) is 0 Å². The number of benzene rings is 2. The number of aromatic hydroxyl groups is 1. The number of anilines is 2. The highest BCUT2D eigenvalue weighted by molar-refractivity contribution is 5.71. The van der Waals surface area contributed by atoms with Crippen molar-refractivity contribution in [2.24, 2.45) is 0 Å². The third kappa shape index (κ3) is 5.23. The van der Waals surface area contributed by atoms with Gasteiger partial charge in [-0.3, -0.25) is 4.79 Å². The third-order valence-corrected chi connectivity index (χ3v) is 4.38.